The monoisotopic (exact) mass is 591 g/mol. The molecule has 220 valence electrons. The predicted octanol–water partition coefficient (Wildman–Crippen LogP) is 3.97. The largest absolute Gasteiger partial charge is 0.405 e. The number of amides is 2. The second-order valence-electron chi connectivity index (χ2n) is 9.74. The molecule has 0 bridgehead atoms. The number of aliphatic hydroxyl groups is 1. The van der Waals surface area contributed by atoms with Crippen LogP contribution in [0.3, 0.4) is 0 Å². The number of hydrogen-bond acceptors (Lipinski definition) is 5. The van der Waals surface area contributed by atoms with Gasteiger partial charge >= 0.3 is 12.1 Å². The average molecular weight is 592 g/mol. The van der Waals surface area contributed by atoms with E-state index in [9.17, 15) is 41.4 Å². The summed E-state index contributed by atoms with van der Waals surface area (Å²) in [5.74, 6) is -10.8. The molecule has 2 aromatic rings. The molecule has 2 amide bonds. The third kappa shape index (κ3) is 9.53. The Hall–Kier alpha value is -3.09. The summed E-state index contributed by atoms with van der Waals surface area (Å²) in [6.07, 6.45) is -8.39. The van der Waals surface area contributed by atoms with Crippen LogP contribution in [-0.2, 0) is 20.8 Å². The lowest BCUT2D eigenvalue weighted by molar-refractivity contribution is -0.178. The third-order valence-corrected chi connectivity index (χ3v) is 6.48. The number of nitrogens with two attached hydrogens (primary N) is 1. The van der Waals surface area contributed by atoms with Crippen molar-refractivity contribution in [3.8, 4) is 0 Å². The first kappa shape index (κ1) is 33.1. The minimum atomic E-state index is -4.95. The van der Waals surface area contributed by atoms with Gasteiger partial charge < -0.3 is 21.5 Å². The molecule has 2 rings (SSSR count). The normalized spacial score (nSPS) is 15.2. The Bertz CT molecular complexity index is 1160. The summed E-state index contributed by atoms with van der Waals surface area (Å²) in [5.41, 5.74) is 7.01. The molecule has 0 aliphatic carbocycles. The fraction of sp³-hybridized carbons (Fsp3) is 0.444. The summed E-state index contributed by atoms with van der Waals surface area (Å²) >= 11 is 5.97. The molecule has 0 radical (unpaired) electrons. The summed E-state index contributed by atoms with van der Waals surface area (Å²) in [6, 6.07) is 12.1. The second-order valence-corrected chi connectivity index (χ2v) is 10.2. The first-order valence-corrected chi connectivity index (χ1v) is 12.7. The highest BCUT2D eigenvalue weighted by atomic mass is 35.5. The van der Waals surface area contributed by atoms with E-state index in [2.05, 4.69) is 5.32 Å². The number of halogens is 6. The topological polar surface area (TPSA) is 122 Å². The zero-order chi connectivity index (χ0) is 30.3. The number of Topliss-reactive ketones (excluding diaryl/α,β-unsaturated/α-hetero) is 1. The summed E-state index contributed by atoms with van der Waals surface area (Å²) in [4.78, 5) is 38.2. The Morgan fingerprint density at radius 1 is 1.00 bits per heavy atom. The summed E-state index contributed by atoms with van der Waals surface area (Å²) in [5, 5.41) is 14.4. The number of aliphatic hydroxyl groups excluding tert-OH is 1. The second kappa shape index (κ2) is 14.0. The van der Waals surface area contributed by atoms with Crippen LogP contribution in [0, 0.1) is 11.8 Å². The van der Waals surface area contributed by atoms with Crippen LogP contribution in [0.4, 0.5) is 22.0 Å². The maximum atomic E-state index is 14.7. The molecular weight excluding hydrogens is 561 g/mol. The van der Waals surface area contributed by atoms with Crippen LogP contribution in [0.1, 0.15) is 37.4 Å². The molecule has 0 heterocycles. The van der Waals surface area contributed by atoms with Gasteiger partial charge in [-0.05, 0) is 35.6 Å². The number of alkyl halides is 5. The van der Waals surface area contributed by atoms with Crippen LogP contribution in [0.2, 0.25) is 5.02 Å². The van der Waals surface area contributed by atoms with Gasteiger partial charge in [0.2, 0.25) is 5.91 Å². The van der Waals surface area contributed by atoms with Gasteiger partial charge in [0, 0.05) is 17.4 Å². The minimum absolute atomic E-state index is 0.0781. The zero-order valence-corrected chi connectivity index (χ0v) is 22.5. The number of ketones is 1. The van der Waals surface area contributed by atoms with E-state index in [4.69, 9.17) is 17.3 Å². The quantitative estimate of drug-likeness (QED) is 0.263. The smallest absolute Gasteiger partial charge is 0.386 e. The van der Waals surface area contributed by atoms with Crippen molar-refractivity contribution in [1.29, 1.82) is 0 Å². The van der Waals surface area contributed by atoms with Crippen molar-refractivity contribution in [3.63, 3.8) is 0 Å². The maximum Gasteiger partial charge on any atom is 0.405 e. The molecule has 0 spiro atoms. The first-order valence-electron chi connectivity index (χ1n) is 12.3. The number of rotatable bonds is 13. The Morgan fingerprint density at radius 2 is 1.62 bits per heavy atom. The van der Waals surface area contributed by atoms with Crippen LogP contribution in [-0.4, -0.2) is 53.5 Å². The van der Waals surface area contributed by atoms with Crippen molar-refractivity contribution < 1.29 is 41.4 Å². The van der Waals surface area contributed by atoms with Gasteiger partial charge in [0.25, 0.3) is 5.91 Å². The molecule has 0 saturated carbocycles. The molecule has 0 saturated heterocycles. The molecule has 0 fully saturated rings. The standard InChI is InChI=1S/C27H31ClF5N3O4/c1-15(2)19(23(38)27(32,33)25(40)35-14-26(29,30)31)13-21(37)22(17-8-4-3-5-9-17)36-24(39)20(34)12-16-7-6-10-18(28)11-16/h3-11,15,19-20,22-23,38H,12-14,34H2,1-2H3,(H,35,40)(H,36,39)/t19-,20-,22-,23+/m0/s1. The Labute approximate surface area is 233 Å². The first-order chi connectivity index (χ1) is 18.5. The molecular formula is C27H31ClF5N3O4. The van der Waals surface area contributed by atoms with Gasteiger partial charge in [-0.1, -0.05) is 67.9 Å². The van der Waals surface area contributed by atoms with Gasteiger partial charge in [0.1, 0.15) is 18.7 Å². The summed E-state index contributed by atoms with van der Waals surface area (Å²) in [7, 11) is 0. The van der Waals surface area contributed by atoms with Gasteiger partial charge in [0.15, 0.2) is 5.78 Å². The van der Waals surface area contributed by atoms with E-state index in [1.54, 1.807) is 42.5 Å². The van der Waals surface area contributed by atoms with Crippen LogP contribution in [0.5, 0.6) is 0 Å². The van der Waals surface area contributed by atoms with Crippen LogP contribution in [0.15, 0.2) is 54.6 Å². The highest BCUT2D eigenvalue weighted by Crippen LogP contribution is 2.33. The van der Waals surface area contributed by atoms with E-state index in [1.807, 2.05) is 0 Å². The molecule has 4 atom stereocenters. The lowest BCUT2D eigenvalue weighted by atomic mass is 9.81. The molecule has 0 aromatic heterocycles. The zero-order valence-electron chi connectivity index (χ0n) is 21.7. The van der Waals surface area contributed by atoms with Crippen molar-refractivity contribution in [3.05, 3.63) is 70.7 Å². The van der Waals surface area contributed by atoms with Crippen molar-refractivity contribution in [2.75, 3.05) is 6.54 Å². The van der Waals surface area contributed by atoms with Gasteiger partial charge in [-0.25, -0.2) is 0 Å². The SMILES string of the molecule is CC(C)[C@H](CC(=O)[C@@H](NC(=O)[C@@H](N)Cc1cccc(Cl)c1)c1ccccc1)[C@@H](O)C(F)(F)C(=O)NCC(F)(F)F. The molecule has 2 aromatic carbocycles. The molecule has 0 aliphatic heterocycles. The van der Waals surface area contributed by atoms with Crippen molar-refractivity contribution >= 4 is 29.2 Å². The van der Waals surface area contributed by atoms with Crippen LogP contribution >= 0.6 is 11.6 Å². The fourth-order valence-corrected chi connectivity index (χ4v) is 4.23. The van der Waals surface area contributed by atoms with Gasteiger partial charge in [-0.3, -0.25) is 14.4 Å². The number of hydrogen-bond donors (Lipinski definition) is 4. The van der Waals surface area contributed by atoms with Crippen molar-refractivity contribution in [2.45, 2.75) is 57.0 Å². The summed E-state index contributed by atoms with van der Waals surface area (Å²) < 4.78 is 66.6. The molecule has 0 unspecified atom stereocenters. The van der Waals surface area contributed by atoms with E-state index in [-0.39, 0.29) is 6.42 Å². The van der Waals surface area contributed by atoms with Gasteiger partial charge in [-0.15, -0.1) is 0 Å². The molecule has 40 heavy (non-hydrogen) atoms. The van der Waals surface area contributed by atoms with Crippen LogP contribution in [0.25, 0.3) is 0 Å². The molecule has 0 aliphatic rings. The average Bonchev–Trinajstić information content (AvgIpc) is 2.88. The minimum Gasteiger partial charge on any atom is -0.386 e. The van der Waals surface area contributed by atoms with Gasteiger partial charge in [-0.2, -0.15) is 22.0 Å². The Morgan fingerprint density at radius 3 is 2.17 bits per heavy atom. The number of nitrogens with one attached hydrogen (secondary N) is 2. The third-order valence-electron chi connectivity index (χ3n) is 6.25. The molecule has 5 N–H and O–H groups in total. The predicted molar refractivity (Wildman–Crippen MR) is 138 cm³/mol. The Balaban J connectivity index is 2.24. The number of benzene rings is 2. The molecule has 13 heteroatoms. The lowest BCUT2D eigenvalue weighted by Gasteiger charge is -2.32. The van der Waals surface area contributed by atoms with Crippen LogP contribution < -0.4 is 16.4 Å². The number of carbonyl (C=O) groups excluding carboxylic acids is 3. The molecule has 7 nitrogen and oxygen atoms in total. The van der Waals surface area contributed by atoms with Gasteiger partial charge in [0.05, 0.1) is 6.04 Å². The Kier molecular flexibility index (Phi) is 11.6. The van der Waals surface area contributed by atoms with Crippen molar-refractivity contribution in [2.24, 2.45) is 17.6 Å². The highest BCUT2D eigenvalue weighted by molar-refractivity contribution is 6.30. The van der Waals surface area contributed by atoms with E-state index < -0.39 is 72.7 Å². The van der Waals surface area contributed by atoms with E-state index in [0.717, 1.165) is 5.32 Å². The van der Waals surface area contributed by atoms with E-state index >= 15 is 0 Å². The lowest BCUT2D eigenvalue weighted by Crippen LogP contribution is -2.54. The maximum absolute atomic E-state index is 14.7. The fourth-order valence-electron chi connectivity index (χ4n) is 4.02. The highest BCUT2D eigenvalue weighted by Gasteiger charge is 2.51. The van der Waals surface area contributed by atoms with E-state index in [0.29, 0.717) is 16.1 Å². The van der Waals surface area contributed by atoms with E-state index in [1.165, 1.54) is 26.0 Å². The van der Waals surface area contributed by atoms with Crippen molar-refractivity contribution in [1.82, 2.24) is 10.6 Å². The summed E-state index contributed by atoms with van der Waals surface area (Å²) in [6.45, 7) is 0.792. The number of carbonyl (C=O) groups is 3.